The highest BCUT2D eigenvalue weighted by molar-refractivity contribution is 7.25. The molecular weight excluding hydrogens is 731 g/mol. The number of hydrogen-bond donors (Lipinski definition) is 0. The highest BCUT2D eigenvalue weighted by atomic mass is 32.1. The molecule has 1 aliphatic rings. The number of nitrogens with zero attached hydrogens (tertiary/aromatic N) is 1. The maximum absolute atomic E-state index is 2.45. The van der Waals surface area contributed by atoms with E-state index in [0.717, 1.165) is 0 Å². The molecule has 12 rings (SSSR count). The van der Waals surface area contributed by atoms with Gasteiger partial charge in [-0.15, -0.1) is 11.3 Å². The summed E-state index contributed by atoms with van der Waals surface area (Å²) in [7, 11) is 2.17. The lowest BCUT2D eigenvalue weighted by Crippen LogP contribution is -2.15. The van der Waals surface area contributed by atoms with Gasteiger partial charge in [0.1, 0.15) is 0 Å². The summed E-state index contributed by atoms with van der Waals surface area (Å²) in [5.41, 5.74) is 14.9. The Morgan fingerprint density at radius 3 is 1.85 bits per heavy atom. The van der Waals surface area contributed by atoms with Crippen molar-refractivity contribution in [2.75, 3.05) is 0 Å². The molecular formula is C57H47NS. The van der Waals surface area contributed by atoms with E-state index < -0.39 is 0 Å². The Labute approximate surface area is 350 Å². The first kappa shape index (κ1) is 36.8. The molecule has 59 heavy (non-hydrogen) atoms. The van der Waals surface area contributed by atoms with Crippen molar-refractivity contribution in [1.29, 1.82) is 0 Å². The smallest absolute Gasteiger partial charge is 0.0495 e. The van der Waals surface area contributed by atoms with Gasteiger partial charge in [-0.1, -0.05) is 159 Å². The Bertz CT molecular complexity index is 3400. The molecule has 286 valence electrons. The third-order valence-corrected chi connectivity index (χ3v) is 13.9. The summed E-state index contributed by atoms with van der Waals surface area (Å²) in [6.07, 6.45) is 0. The lowest BCUT2D eigenvalue weighted by Gasteiger charge is -2.23. The molecule has 0 atom stereocenters. The van der Waals surface area contributed by atoms with Gasteiger partial charge in [-0.25, -0.2) is 0 Å². The molecule has 0 amide bonds. The van der Waals surface area contributed by atoms with Gasteiger partial charge in [-0.2, -0.15) is 0 Å². The van der Waals surface area contributed by atoms with Crippen LogP contribution in [0.3, 0.4) is 0 Å². The molecule has 0 radical (unpaired) electrons. The Hall–Kier alpha value is -6.48. The number of para-hydroxylation sites is 1. The van der Waals surface area contributed by atoms with Gasteiger partial charge in [0.15, 0.2) is 0 Å². The molecule has 1 aliphatic carbocycles. The second kappa shape index (κ2) is 14.4. The van der Waals surface area contributed by atoms with Crippen molar-refractivity contribution in [2.24, 2.45) is 7.05 Å². The van der Waals surface area contributed by atoms with Crippen LogP contribution < -0.4 is 0 Å². The third kappa shape index (κ3) is 6.05. The molecule has 2 aromatic heterocycles. The first-order valence-electron chi connectivity index (χ1n) is 20.7. The monoisotopic (exact) mass is 777 g/mol. The average Bonchev–Trinajstić information content (AvgIpc) is 3.87. The number of aryl methyl sites for hydroxylation is 4. The third-order valence-electron chi connectivity index (χ3n) is 12.8. The van der Waals surface area contributed by atoms with E-state index in [9.17, 15) is 0 Å². The minimum Gasteiger partial charge on any atom is -0.344 e. The molecule has 1 nitrogen and oxygen atoms in total. The van der Waals surface area contributed by atoms with E-state index in [0.29, 0.717) is 0 Å². The zero-order valence-electron chi connectivity index (χ0n) is 34.6. The fraction of sp³-hybridized carbons (Fsp3) is 0.123. The van der Waals surface area contributed by atoms with Crippen LogP contribution >= 0.6 is 11.3 Å². The van der Waals surface area contributed by atoms with Crippen molar-refractivity contribution in [1.82, 2.24) is 4.57 Å². The Kier molecular flexibility index (Phi) is 9.00. The fourth-order valence-electron chi connectivity index (χ4n) is 9.72. The SMILES string of the molecule is Cc1cc2c(c3ccccc13)-c1ccc(-c3cccc4c3c3ccccc3n4C)cc1C2(C)C.Cc1cccc2ccccc12.Cc1cccc2sc3ccccc3c12. The van der Waals surface area contributed by atoms with Gasteiger partial charge in [-0.3, -0.25) is 0 Å². The number of rotatable bonds is 1. The molecule has 0 bridgehead atoms. The largest absolute Gasteiger partial charge is 0.344 e. The van der Waals surface area contributed by atoms with E-state index in [4.69, 9.17) is 0 Å². The second-order valence-corrected chi connectivity index (χ2v) is 17.7. The first-order chi connectivity index (χ1) is 28.7. The normalized spacial score (nSPS) is 12.7. The fourth-order valence-corrected chi connectivity index (χ4v) is 10.9. The maximum Gasteiger partial charge on any atom is 0.0495 e. The minimum absolute atomic E-state index is 0.0396. The molecule has 0 saturated carbocycles. The van der Waals surface area contributed by atoms with Gasteiger partial charge in [0, 0.05) is 54.4 Å². The molecule has 0 saturated heterocycles. The summed E-state index contributed by atoms with van der Waals surface area (Å²) in [5.74, 6) is 0. The number of fused-ring (bicyclic) bond motifs is 12. The predicted octanol–water partition coefficient (Wildman–Crippen LogP) is 16.3. The molecule has 2 heteroatoms. The van der Waals surface area contributed by atoms with E-state index in [1.807, 2.05) is 11.3 Å². The van der Waals surface area contributed by atoms with Crippen molar-refractivity contribution in [3.05, 3.63) is 204 Å². The van der Waals surface area contributed by atoms with Crippen molar-refractivity contribution < 1.29 is 0 Å². The van der Waals surface area contributed by atoms with Crippen molar-refractivity contribution >= 4 is 74.9 Å². The Morgan fingerprint density at radius 1 is 0.424 bits per heavy atom. The van der Waals surface area contributed by atoms with Crippen molar-refractivity contribution in [3.63, 3.8) is 0 Å². The highest BCUT2D eigenvalue weighted by Gasteiger charge is 2.37. The average molecular weight is 778 g/mol. The molecule has 0 spiro atoms. The zero-order valence-corrected chi connectivity index (χ0v) is 35.4. The number of aromatic nitrogens is 1. The van der Waals surface area contributed by atoms with Crippen LogP contribution in [0.1, 0.15) is 41.7 Å². The van der Waals surface area contributed by atoms with E-state index in [2.05, 4.69) is 222 Å². The number of hydrogen-bond acceptors (Lipinski definition) is 1. The molecule has 0 aliphatic heterocycles. The molecule has 11 aromatic rings. The lowest BCUT2D eigenvalue weighted by atomic mass is 9.80. The van der Waals surface area contributed by atoms with E-state index in [1.165, 1.54) is 114 Å². The molecule has 9 aromatic carbocycles. The van der Waals surface area contributed by atoms with Gasteiger partial charge in [0.2, 0.25) is 0 Å². The van der Waals surface area contributed by atoms with Gasteiger partial charge in [0.25, 0.3) is 0 Å². The number of thiophene rings is 1. The summed E-state index contributed by atoms with van der Waals surface area (Å²) in [4.78, 5) is 0. The summed E-state index contributed by atoms with van der Waals surface area (Å²) in [5, 5.41) is 10.9. The van der Waals surface area contributed by atoms with Gasteiger partial charge < -0.3 is 4.57 Å². The van der Waals surface area contributed by atoms with Gasteiger partial charge in [-0.05, 0) is 123 Å². The van der Waals surface area contributed by atoms with Crippen LogP contribution in [0.4, 0.5) is 0 Å². The van der Waals surface area contributed by atoms with Crippen molar-refractivity contribution in [3.8, 4) is 22.3 Å². The predicted molar refractivity (Wildman–Crippen MR) is 258 cm³/mol. The van der Waals surface area contributed by atoms with Crippen LogP contribution in [0.25, 0.3) is 85.8 Å². The summed E-state index contributed by atoms with van der Waals surface area (Å²) in [6, 6.07) is 63.9. The van der Waals surface area contributed by atoms with E-state index in [1.54, 1.807) is 0 Å². The molecule has 2 heterocycles. The van der Waals surface area contributed by atoms with Gasteiger partial charge >= 0.3 is 0 Å². The van der Waals surface area contributed by atoms with Crippen LogP contribution in [-0.4, -0.2) is 4.57 Å². The van der Waals surface area contributed by atoms with Crippen LogP contribution in [0.15, 0.2) is 176 Å². The summed E-state index contributed by atoms with van der Waals surface area (Å²) in [6.45, 7) is 11.3. The highest BCUT2D eigenvalue weighted by Crippen LogP contribution is 2.53. The Morgan fingerprint density at radius 2 is 1.03 bits per heavy atom. The van der Waals surface area contributed by atoms with Crippen LogP contribution in [0.5, 0.6) is 0 Å². The molecule has 0 fully saturated rings. The van der Waals surface area contributed by atoms with Crippen molar-refractivity contribution in [2.45, 2.75) is 40.0 Å². The van der Waals surface area contributed by atoms with Crippen LogP contribution in [-0.2, 0) is 12.5 Å². The topological polar surface area (TPSA) is 4.93 Å². The molecule has 0 unspecified atom stereocenters. The Balaban J connectivity index is 0.000000136. The maximum atomic E-state index is 2.45. The standard InChI is InChI=1S/C33H27N.C13H10S.C11H10/c1-20-18-28-31(24-11-6-5-10-22(20)24)25-17-16-21(19-27(25)33(28,2)3)23-13-9-15-30-32(23)26-12-7-8-14-29(26)34(30)4;1-9-5-4-8-12-13(9)10-6-2-3-7-11(10)14-12;1-9-5-4-7-10-6-2-3-8-11(9)10/h5-19H,1-4H3;2-8H,1H3;2-8H,1H3. The van der Waals surface area contributed by atoms with E-state index >= 15 is 0 Å². The van der Waals surface area contributed by atoms with Crippen LogP contribution in [0, 0.1) is 20.8 Å². The lowest BCUT2D eigenvalue weighted by molar-refractivity contribution is 0.660. The number of benzene rings is 9. The molecule has 0 N–H and O–H groups in total. The van der Waals surface area contributed by atoms with E-state index in [-0.39, 0.29) is 5.41 Å². The second-order valence-electron chi connectivity index (χ2n) is 16.7. The summed E-state index contributed by atoms with van der Waals surface area (Å²) >= 11 is 1.88. The first-order valence-corrected chi connectivity index (χ1v) is 21.5. The minimum atomic E-state index is -0.0396. The summed E-state index contributed by atoms with van der Waals surface area (Å²) < 4.78 is 5.10. The van der Waals surface area contributed by atoms with Crippen LogP contribution in [0.2, 0.25) is 0 Å². The van der Waals surface area contributed by atoms with Gasteiger partial charge in [0.05, 0.1) is 0 Å². The zero-order chi connectivity index (χ0) is 40.4. The quantitative estimate of drug-likeness (QED) is 0.156.